The Hall–Kier alpha value is -1.47. The van der Waals surface area contributed by atoms with Crippen molar-refractivity contribution in [1.29, 1.82) is 0 Å². The molecule has 0 unspecified atom stereocenters. The Bertz CT molecular complexity index is 465. The van der Waals surface area contributed by atoms with Crippen molar-refractivity contribution >= 4 is 27.8 Å². The highest BCUT2D eigenvalue weighted by Gasteiger charge is 2.20. The number of nitrogens with zero attached hydrogens (tertiary/aromatic N) is 3. The first kappa shape index (κ1) is 15.6. The topological polar surface area (TPSA) is 73.7 Å². The van der Waals surface area contributed by atoms with Crippen molar-refractivity contribution in [3.05, 3.63) is 28.5 Å². The summed E-state index contributed by atoms with van der Waals surface area (Å²) in [4.78, 5) is 30.3. The van der Waals surface area contributed by atoms with Crippen molar-refractivity contribution < 1.29 is 14.7 Å². The van der Waals surface area contributed by atoms with Crippen molar-refractivity contribution in [2.45, 2.75) is 0 Å². The Morgan fingerprint density at radius 2 is 2.05 bits per heavy atom. The maximum atomic E-state index is 12.3. The lowest BCUT2D eigenvalue weighted by molar-refractivity contribution is -0.137. The molecule has 0 saturated heterocycles. The van der Waals surface area contributed by atoms with E-state index in [2.05, 4.69) is 20.9 Å². The molecule has 0 fully saturated rings. The van der Waals surface area contributed by atoms with E-state index in [1.54, 1.807) is 18.3 Å². The Morgan fingerprint density at radius 3 is 2.58 bits per heavy atom. The summed E-state index contributed by atoms with van der Waals surface area (Å²) in [6.45, 7) is 0.615. The minimum Gasteiger partial charge on any atom is -0.480 e. The average Bonchev–Trinajstić information content (AvgIpc) is 2.33. The zero-order chi connectivity index (χ0) is 14.4. The third kappa shape index (κ3) is 4.96. The molecule has 0 saturated carbocycles. The molecule has 7 heteroatoms. The second kappa shape index (κ2) is 7.20. The Balaban J connectivity index is 2.87. The molecular weight excluding hydrogens is 314 g/mol. The second-order valence-electron chi connectivity index (χ2n) is 4.27. The van der Waals surface area contributed by atoms with Crippen LogP contribution in [0.3, 0.4) is 0 Å². The van der Waals surface area contributed by atoms with Gasteiger partial charge in [0.25, 0.3) is 5.91 Å². The van der Waals surface area contributed by atoms with Crippen LogP contribution in [-0.4, -0.2) is 65.5 Å². The molecule has 104 valence electrons. The van der Waals surface area contributed by atoms with E-state index in [0.29, 0.717) is 23.3 Å². The van der Waals surface area contributed by atoms with Crippen LogP contribution in [0, 0.1) is 0 Å². The fourth-order valence-electron chi connectivity index (χ4n) is 1.45. The lowest BCUT2D eigenvalue weighted by Gasteiger charge is -2.23. The standard InChI is InChI=1S/C12H16BrN3O3/c1-15(2)6-7-16(8-10(17)18)12(19)9-4-3-5-14-11(9)13/h3-5H,6-8H2,1-2H3,(H,17,18). The van der Waals surface area contributed by atoms with Gasteiger partial charge in [-0.1, -0.05) is 0 Å². The summed E-state index contributed by atoms with van der Waals surface area (Å²) in [5.74, 6) is -1.38. The van der Waals surface area contributed by atoms with E-state index in [-0.39, 0.29) is 12.5 Å². The zero-order valence-corrected chi connectivity index (χ0v) is 12.4. The first-order valence-electron chi connectivity index (χ1n) is 5.68. The van der Waals surface area contributed by atoms with Gasteiger partial charge in [-0.05, 0) is 42.2 Å². The number of likely N-dealkylation sites (N-methyl/N-ethyl adjacent to an activating group) is 1. The SMILES string of the molecule is CN(C)CCN(CC(=O)O)C(=O)c1cccnc1Br. The summed E-state index contributed by atoms with van der Waals surface area (Å²) < 4.78 is 0.417. The van der Waals surface area contributed by atoms with Gasteiger partial charge in [0, 0.05) is 19.3 Å². The van der Waals surface area contributed by atoms with Gasteiger partial charge < -0.3 is 14.9 Å². The molecule has 0 spiro atoms. The maximum Gasteiger partial charge on any atom is 0.323 e. The zero-order valence-electron chi connectivity index (χ0n) is 10.8. The number of carboxylic acids is 1. The van der Waals surface area contributed by atoms with E-state index in [1.807, 2.05) is 19.0 Å². The number of carbonyl (C=O) groups is 2. The molecule has 1 amide bonds. The van der Waals surface area contributed by atoms with Crippen LogP contribution in [0.1, 0.15) is 10.4 Å². The van der Waals surface area contributed by atoms with Gasteiger partial charge in [0.05, 0.1) is 5.56 Å². The number of hydrogen-bond donors (Lipinski definition) is 1. The summed E-state index contributed by atoms with van der Waals surface area (Å²) >= 11 is 3.19. The van der Waals surface area contributed by atoms with Gasteiger partial charge in [0.15, 0.2) is 0 Å². The summed E-state index contributed by atoms with van der Waals surface area (Å²) in [5.41, 5.74) is 0.363. The van der Waals surface area contributed by atoms with Crippen molar-refractivity contribution in [3.8, 4) is 0 Å². The number of pyridine rings is 1. The minimum atomic E-state index is -1.04. The molecule has 0 aromatic carbocycles. The molecule has 19 heavy (non-hydrogen) atoms. The van der Waals surface area contributed by atoms with Gasteiger partial charge in [-0.3, -0.25) is 9.59 Å². The molecule has 0 radical (unpaired) electrons. The molecular formula is C12H16BrN3O3. The van der Waals surface area contributed by atoms with Crippen LogP contribution < -0.4 is 0 Å². The Morgan fingerprint density at radius 1 is 1.37 bits per heavy atom. The van der Waals surface area contributed by atoms with E-state index in [9.17, 15) is 9.59 Å². The largest absolute Gasteiger partial charge is 0.480 e. The highest BCUT2D eigenvalue weighted by atomic mass is 79.9. The number of halogens is 1. The van der Waals surface area contributed by atoms with Gasteiger partial charge in [0.1, 0.15) is 11.1 Å². The predicted octanol–water partition coefficient (Wildman–Crippen LogP) is 0.933. The van der Waals surface area contributed by atoms with Crippen LogP contribution in [-0.2, 0) is 4.79 Å². The number of hydrogen-bond acceptors (Lipinski definition) is 4. The van der Waals surface area contributed by atoms with Gasteiger partial charge in [-0.15, -0.1) is 0 Å². The quantitative estimate of drug-likeness (QED) is 0.786. The second-order valence-corrected chi connectivity index (χ2v) is 5.02. The molecule has 0 bridgehead atoms. The summed E-state index contributed by atoms with van der Waals surface area (Å²) in [5, 5.41) is 8.88. The van der Waals surface area contributed by atoms with E-state index in [4.69, 9.17) is 5.11 Å². The first-order valence-corrected chi connectivity index (χ1v) is 6.47. The lowest BCUT2D eigenvalue weighted by Crippen LogP contribution is -2.40. The van der Waals surface area contributed by atoms with Crippen LogP contribution in [0.4, 0.5) is 0 Å². The normalized spacial score (nSPS) is 10.5. The molecule has 6 nitrogen and oxygen atoms in total. The summed E-state index contributed by atoms with van der Waals surface area (Å²) in [6, 6.07) is 3.26. The molecule has 0 aliphatic heterocycles. The third-order valence-corrected chi connectivity index (χ3v) is 3.05. The van der Waals surface area contributed by atoms with Crippen LogP contribution in [0.5, 0.6) is 0 Å². The van der Waals surface area contributed by atoms with Crippen LogP contribution in [0.15, 0.2) is 22.9 Å². The molecule has 1 aromatic rings. The Kier molecular flexibility index (Phi) is 5.91. The van der Waals surface area contributed by atoms with Crippen LogP contribution >= 0.6 is 15.9 Å². The minimum absolute atomic E-state index is 0.325. The monoisotopic (exact) mass is 329 g/mol. The molecule has 0 aliphatic rings. The average molecular weight is 330 g/mol. The van der Waals surface area contributed by atoms with Gasteiger partial charge in [-0.25, -0.2) is 4.98 Å². The number of carbonyl (C=O) groups excluding carboxylic acids is 1. The van der Waals surface area contributed by atoms with Gasteiger partial charge in [-0.2, -0.15) is 0 Å². The molecule has 1 aromatic heterocycles. The predicted molar refractivity (Wildman–Crippen MR) is 74.0 cm³/mol. The van der Waals surface area contributed by atoms with E-state index < -0.39 is 5.97 Å². The van der Waals surface area contributed by atoms with E-state index in [0.717, 1.165) is 0 Å². The Labute approximate surface area is 120 Å². The molecule has 0 aliphatic carbocycles. The maximum absolute atomic E-state index is 12.3. The van der Waals surface area contributed by atoms with Gasteiger partial charge >= 0.3 is 5.97 Å². The lowest BCUT2D eigenvalue weighted by atomic mass is 10.2. The first-order chi connectivity index (χ1) is 8.91. The number of rotatable bonds is 6. The number of aromatic nitrogens is 1. The van der Waals surface area contributed by atoms with E-state index in [1.165, 1.54) is 4.90 Å². The number of aliphatic carboxylic acids is 1. The number of amides is 1. The smallest absolute Gasteiger partial charge is 0.323 e. The van der Waals surface area contributed by atoms with Crippen molar-refractivity contribution in [3.63, 3.8) is 0 Å². The highest BCUT2D eigenvalue weighted by Crippen LogP contribution is 2.15. The van der Waals surface area contributed by atoms with Gasteiger partial charge in [0.2, 0.25) is 0 Å². The summed E-state index contributed by atoms with van der Waals surface area (Å²) in [7, 11) is 3.73. The molecule has 1 rings (SSSR count). The number of carboxylic acid groups (broad SMARTS) is 1. The molecule has 0 atom stereocenters. The highest BCUT2D eigenvalue weighted by molar-refractivity contribution is 9.10. The summed E-state index contributed by atoms with van der Waals surface area (Å²) in [6.07, 6.45) is 1.56. The van der Waals surface area contributed by atoms with Crippen LogP contribution in [0.2, 0.25) is 0 Å². The van der Waals surface area contributed by atoms with Crippen LogP contribution in [0.25, 0.3) is 0 Å². The van der Waals surface area contributed by atoms with E-state index >= 15 is 0 Å². The molecule has 1 N–H and O–H groups in total. The molecule has 1 heterocycles. The fourth-order valence-corrected chi connectivity index (χ4v) is 1.87. The third-order valence-electron chi connectivity index (χ3n) is 2.42. The van der Waals surface area contributed by atoms with Crippen molar-refractivity contribution in [2.75, 3.05) is 33.7 Å². The van der Waals surface area contributed by atoms with Crippen molar-refractivity contribution in [2.24, 2.45) is 0 Å². The van der Waals surface area contributed by atoms with Crippen molar-refractivity contribution in [1.82, 2.24) is 14.8 Å². The fraction of sp³-hybridized carbons (Fsp3) is 0.417.